The van der Waals surface area contributed by atoms with E-state index in [0.29, 0.717) is 48.7 Å². The van der Waals surface area contributed by atoms with E-state index in [-0.39, 0.29) is 22.5 Å². The second-order valence-corrected chi connectivity index (χ2v) is 11.8. The third-order valence-corrected chi connectivity index (χ3v) is 8.11. The van der Waals surface area contributed by atoms with Crippen molar-refractivity contribution in [2.75, 3.05) is 31.4 Å². The van der Waals surface area contributed by atoms with E-state index in [4.69, 9.17) is 4.74 Å². The van der Waals surface area contributed by atoms with Crippen molar-refractivity contribution >= 4 is 27.3 Å². The van der Waals surface area contributed by atoms with E-state index in [0.717, 1.165) is 24.2 Å². The lowest BCUT2D eigenvalue weighted by molar-refractivity contribution is -0.129. The van der Waals surface area contributed by atoms with E-state index in [1.54, 1.807) is 54.3 Å². The van der Waals surface area contributed by atoms with E-state index in [1.807, 2.05) is 42.0 Å². The number of sulfone groups is 1. The van der Waals surface area contributed by atoms with Crippen molar-refractivity contribution in [3.63, 3.8) is 0 Å². The van der Waals surface area contributed by atoms with Crippen LogP contribution in [0, 0.1) is 0 Å². The highest BCUT2D eigenvalue weighted by atomic mass is 32.2. The van der Waals surface area contributed by atoms with Gasteiger partial charge in [-0.25, -0.2) is 18.1 Å². The van der Waals surface area contributed by atoms with Crippen LogP contribution in [0.1, 0.15) is 42.1 Å². The van der Waals surface area contributed by atoms with Crippen LogP contribution >= 0.6 is 0 Å². The molecule has 2 amide bonds. The molecule has 41 heavy (non-hydrogen) atoms. The van der Waals surface area contributed by atoms with E-state index >= 15 is 0 Å². The summed E-state index contributed by atoms with van der Waals surface area (Å²) in [7, 11) is -2.11. The molecule has 214 valence electrons. The van der Waals surface area contributed by atoms with E-state index in [1.165, 1.54) is 4.68 Å². The van der Waals surface area contributed by atoms with Crippen LogP contribution in [-0.4, -0.2) is 70.9 Å². The number of carbonyl (C=O) groups is 2. The van der Waals surface area contributed by atoms with E-state index in [9.17, 15) is 18.0 Å². The van der Waals surface area contributed by atoms with Crippen molar-refractivity contribution in [1.29, 1.82) is 0 Å². The average Bonchev–Trinajstić information content (AvgIpc) is 3.59. The van der Waals surface area contributed by atoms with Gasteiger partial charge in [-0.3, -0.25) is 9.59 Å². The fraction of sp³-hybridized carbons (Fsp3) is 0.310. The van der Waals surface area contributed by atoms with Crippen molar-refractivity contribution < 1.29 is 22.7 Å². The summed E-state index contributed by atoms with van der Waals surface area (Å²) in [5, 5.41) is 4.29. The second-order valence-electron chi connectivity index (χ2n) is 9.89. The van der Waals surface area contributed by atoms with Gasteiger partial charge in [0.1, 0.15) is 17.3 Å². The molecule has 0 atom stereocenters. The molecule has 0 unspecified atom stereocenters. The molecule has 11 nitrogen and oxygen atoms in total. The molecule has 1 aliphatic heterocycles. The first-order valence-electron chi connectivity index (χ1n) is 13.3. The number of benzene rings is 2. The first-order valence-corrected chi connectivity index (χ1v) is 15.2. The summed E-state index contributed by atoms with van der Waals surface area (Å²) >= 11 is 0. The number of aromatic nitrogens is 4. The molecule has 4 aromatic rings. The predicted octanol–water partition coefficient (Wildman–Crippen LogP) is 3.43. The Bertz CT molecular complexity index is 1690. The van der Waals surface area contributed by atoms with Crippen molar-refractivity contribution in [1.82, 2.24) is 24.2 Å². The molecule has 0 saturated carbocycles. The molecular weight excluding hydrogens is 544 g/mol. The van der Waals surface area contributed by atoms with Crippen LogP contribution in [0.4, 0.5) is 5.69 Å². The Morgan fingerprint density at radius 1 is 1.05 bits per heavy atom. The maximum absolute atomic E-state index is 13.9. The maximum Gasteiger partial charge on any atom is 0.277 e. The summed E-state index contributed by atoms with van der Waals surface area (Å²) in [5.74, 6) is 1.02. The number of fused-ring (bicyclic) bond motifs is 1. The molecular formula is C29H32N6O5S. The minimum Gasteiger partial charge on any atom is -0.497 e. The van der Waals surface area contributed by atoms with Crippen LogP contribution in [0.2, 0.25) is 0 Å². The fourth-order valence-corrected chi connectivity index (χ4v) is 5.93. The number of methoxy groups -OCH3 is 1. The Morgan fingerprint density at radius 2 is 1.71 bits per heavy atom. The zero-order chi connectivity index (χ0) is 29.3. The first kappa shape index (κ1) is 28.1. The molecule has 0 aliphatic carbocycles. The lowest BCUT2D eigenvalue weighted by Crippen LogP contribution is -2.39. The lowest BCUT2D eigenvalue weighted by Gasteiger charge is -2.28. The van der Waals surface area contributed by atoms with Crippen molar-refractivity contribution in [2.24, 2.45) is 0 Å². The highest BCUT2D eigenvalue weighted by molar-refractivity contribution is 7.90. The Hall–Kier alpha value is -4.45. The van der Waals surface area contributed by atoms with Gasteiger partial charge in [0.15, 0.2) is 14.9 Å². The quantitative estimate of drug-likeness (QED) is 0.299. The highest BCUT2D eigenvalue weighted by Crippen LogP contribution is 2.31. The predicted molar refractivity (Wildman–Crippen MR) is 154 cm³/mol. The Labute approximate surface area is 238 Å². The zero-order valence-corrected chi connectivity index (χ0v) is 24.3. The van der Waals surface area contributed by atoms with Gasteiger partial charge in [-0.2, -0.15) is 5.10 Å². The van der Waals surface area contributed by atoms with Crippen molar-refractivity contribution in [2.45, 2.75) is 38.3 Å². The van der Waals surface area contributed by atoms with Crippen molar-refractivity contribution in [3.8, 4) is 17.1 Å². The Kier molecular flexibility index (Phi) is 7.68. The maximum atomic E-state index is 13.9. The molecule has 0 N–H and O–H groups in total. The van der Waals surface area contributed by atoms with Crippen molar-refractivity contribution in [3.05, 3.63) is 78.0 Å². The number of imidazole rings is 1. The number of rotatable bonds is 9. The van der Waals surface area contributed by atoms with Gasteiger partial charge < -0.3 is 19.1 Å². The molecule has 0 radical (unpaired) electrons. The minimum atomic E-state index is -3.66. The number of carbonyl (C=O) groups excluding carboxylic acids is 2. The number of hydrogen-bond acceptors (Lipinski definition) is 7. The van der Waals surface area contributed by atoms with E-state index < -0.39 is 9.84 Å². The summed E-state index contributed by atoms with van der Waals surface area (Å²) in [6.45, 7) is 4.93. The van der Waals surface area contributed by atoms with Crippen LogP contribution < -0.4 is 9.64 Å². The number of anilines is 1. The minimum absolute atomic E-state index is 0.00682. The van der Waals surface area contributed by atoms with Gasteiger partial charge in [0, 0.05) is 55.6 Å². The molecule has 5 rings (SSSR count). The Balaban J connectivity index is 1.46. The smallest absolute Gasteiger partial charge is 0.277 e. The molecule has 0 bridgehead atoms. The number of amides is 2. The van der Waals surface area contributed by atoms with Crippen LogP contribution in [0.3, 0.4) is 0 Å². The van der Waals surface area contributed by atoms with Gasteiger partial charge in [-0.05, 0) is 61.4 Å². The molecule has 12 heteroatoms. The third-order valence-electron chi connectivity index (χ3n) is 7.08. The Morgan fingerprint density at radius 3 is 2.32 bits per heavy atom. The lowest BCUT2D eigenvalue weighted by atomic mass is 10.1. The van der Waals surface area contributed by atoms with Gasteiger partial charge in [-0.15, -0.1) is 0 Å². The monoisotopic (exact) mass is 576 g/mol. The third kappa shape index (κ3) is 5.47. The normalized spacial score (nSPS) is 13.3. The molecule has 0 saturated heterocycles. The summed E-state index contributed by atoms with van der Waals surface area (Å²) in [4.78, 5) is 33.8. The summed E-state index contributed by atoms with van der Waals surface area (Å²) in [6, 6.07) is 14.4. The summed E-state index contributed by atoms with van der Waals surface area (Å²) in [5.41, 5.74) is 2.71. The van der Waals surface area contributed by atoms with Gasteiger partial charge in [0.25, 0.3) is 5.91 Å². The fourth-order valence-electron chi connectivity index (χ4n) is 5.05. The van der Waals surface area contributed by atoms with Gasteiger partial charge in [0.05, 0.1) is 19.3 Å². The highest BCUT2D eigenvalue weighted by Gasteiger charge is 2.36. The average molecular weight is 577 g/mol. The number of nitrogens with zero attached hydrogens (tertiary/aromatic N) is 6. The molecule has 0 spiro atoms. The standard InChI is InChI=1S/C29H32N6O5S/c1-5-16-32(20(2)36)19-26-30-15-18-33(26)21-6-8-22(9-7-21)34-17-14-25-27(29(34)37)35(31-28(25)41(4,38)39)23-10-12-24(40-3)13-11-23/h6-13,15,18H,5,14,16-17,19H2,1-4H3. The van der Waals surface area contributed by atoms with Crippen LogP contribution in [-0.2, 0) is 27.6 Å². The van der Waals surface area contributed by atoms with Gasteiger partial charge in [0.2, 0.25) is 5.91 Å². The SMILES string of the molecule is CCCN(Cc1nccn1-c1ccc(N2CCc3c(S(C)(=O)=O)nn(-c4ccc(OC)cc4)c3C2=O)cc1)C(C)=O. The topological polar surface area (TPSA) is 120 Å². The van der Waals surface area contributed by atoms with Gasteiger partial charge in [-0.1, -0.05) is 6.92 Å². The zero-order valence-electron chi connectivity index (χ0n) is 23.4. The molecule has 0 fully saturated rings. The molecule has 1 aliphatic rings. The summed E-state index contributed by atoms with van der Waals surface area (Å²) < 4.78 is 33.7. The summed E-state index contributed by atoms with van der Waals surface area (Å²) in [6.07, 6.45) is 5.83. The molecule has 2 aromatic heterocycles. The van der Waals surface area contributed by atoms with Crippen LogP contribution in [0.15, 0.2) is 66.0 Å². The first-order chi connectivity index (χ1) is 19.6. The second kappa shape index (κ2) is 11.2. The van der Waals surface area contributed by atoms with Crippen LogP contribution in [0.25, 0.3) is 11.4 Å². The molecule has 3 heterocycles. The number of ether oxygens (including phenoxy) is 1. The largest absolute Gasteiger partial charge is 0.497 e. The van der Waals surface area contributed by atoms with E-state index in [2.05, 4.69) is 10.1 Å². The van der Waals surface area contributed by atoms with Crippen LogP contribution in [0.5, 0.6) is 5.75 Å². The molecule has 2 aromatic carbocycles. The van der Waals surface area contributed by atoms with Gasteiger partial charge >= 0.3 is 0 Å². The number of hydrogen-bond donors (Lipinski definition) is 0.